The van der Waals surface area contributed by atoms with Crippen LogP contribution in [-0.2, 0) is 4.79 Å². The van der Waals surface area contributed by atoms with Gasteiger partial charge in [-0.15, -0.1) is 0 Å². The lowest BCUT2D eigenvalue weighted by Crippen LogP contribution is -2.48. The lowest BCUT2D eigenvalue weighted by atomic mass is 10.0. The molecule has 0 spiro atoms. The molecule has 5 nitrogen and oxygen atoms in total. The van der Waals surface area contributed by atoms with E-state index >= 15 is 0 Å². The first-order valence-electron chi connectivity index (χ1n) is 7.53. The molecule has 0 bridgehead atoms. The molecule has 0 radical (unpaired) electrons. The molecule has 0 saturated carbocycles. The molecule has 3 N–H and O–H groups in total. The van der Waals surface area contributed by atoms with Crippen LogP contribution in [-0.4, -0.2) is 48.2 Å². The first-order chi connectivity index (χ1) is 9.97. The molecule has 1 aliphatic rings. The molecule has 1 unspecified atom stereocenters. The van der Waals surface area contributed by atoms with E-state index in [4.69, 9.17) is 10.8 Å². The maximum Gasteiger partial charge on any atom is 0.305 e. The van der Waals surface area contributed by atoms with Crippen LogP contribution >= 0.6 is 0 Å². The van der Waals surface area contributed by atoms with E-state index in [1.165, 1.54) is 5.69 Å². The van der Waals surface area contributed by atoms with E-state index < -0.39 is 12.0 Å². The van der Waals surface area contributed by atoms with Crippen molar-refractivity contribution in [2.75, 3.05) is 31.1 Å². The summed E-state index contributed by atoms with van der Waals surface area (Å²) in [5, 5.41) is 8.78. The number of carboxylic acids is 1. The number of carboxylic acid groups (broad SMARTS) is 1. The summed E-state index contributed by atoms with van der Waals surface area (Å²) in [6.45, 7) is 8.68. The van der Waals surface area contributed by atoms with Gasteiger partial charge < -0.3 is 15.7 Å². The Labute approximate surface area is 126 Å². The van der Waals surface area contributed by atoms with E-state index in [2.05, 4.69) is 23.6 Å². The topological polar surface area (TPSA) is 69.8 Å². The highest BCUT2D eigenvalue weighted by atomic mass is 16.4. The first kappa shape index (κ1) is 15.8. The Morgan fingerprint density at radius 1 is 1.19 bits per heavy atom. The van der Waals surface area contributed by atoms with Crippen LogP contribution < -0.4 is 10.6 Å². The van der Waals surface area contributed by atoms with Crippen molar-refractivity contribution < 1.29 is 9.90 Å². The van der Waals surface area contributed by atoms with E-state index in [-0.39, 0.29) is 6.42 Å². The number of nitrogens with two attached hydrogens (primary N) is 1. The summed E-state index contributed by atoms with van der Waals surface area (Å²) in [7, 11) is 0. The number of anilines is 1. The number of nitrogens with zero attached hydrogens (tertiary/aromatic N) is 2. The Balaban J connectivity index is 1.95. The fourth-order valence-corrected chi connectivity index (χ4v) is 2.73. The average Bonchev–Trinajstić information content (AvgIpc) is 2.47. The molecule has 1 saturated heterocycles. The van der Waals surface area contributed by atoms with E-state index in [0.717, 1.165) is 31.7 Å². The van der Waals surface area contributed by atoms with Crippen molar-refractivity contribution in [2.24, 2.45) is 5.73 Å². The summed E-state index contributed by atoms with van der Waals surface area (Å²) in [5.41, 5.74) is 7.94. The van der Waals surface area contributed by atoms with Gasteiger partial charge in [0.05, 0.1) is 6.42 Å². The van der Waals surface area contributed by atoms with Gasteiger partial charge in [-0.25, -0.2) is 0 Å². The number of piperazine rings is 1. The molecule has 0 aliphatic carbocycles. The van der Waals surface area contributed by atoms with Crippen LogP contribution in [0.1, 0.15) is 31.9 Å². The number of hydrogen-bond donors (Lipinski definition) is 2. The summed E-state index contributed by atoms with van der Waals surface area (Å²) in [6, 6.07) is 8.14. The van der Waals surface area contributed by atoms with Gasteiger partial charge in [-0.3, -0.25) is 9.69 Å². The minimum absolute atomic E-state index is 0.0353. The van der Waals surface area contributed by atoms with Gasteiger partial charge in [0.15, 0.2) is 0 Å². The van der Waals surface area contributed by atoms with Crippen LogP contribution in [0.15, 0.2) is 24.3 Å². The zero-order valence-corrected chi connectivity index (χ0v) is 12.8. The normalized spacial score (nSPS) is 18.0. The molecule has 0 aromatic heterocycles. The number of benzene rings is 1. The van der Waals surface area contributed by atoms with E-state index in [9.17, 15) is 4.79 Å². The van der Waals surface area contributed by atoms with Crippen LogP contribution in [0.4, 0.5) is 5.69 Å². The van der Waals surface area contributed by atoms with Crippen LogP contribution in [0.2, 0.25) is 0 Å². The minimum atomic E-state index is -0.864. The Morgan fingerprint density at radius 3 is 2.24 bits per heavy atom. The van der Waals surface area contributed by atoms with Crippen molar-refractivity contribution in [3.8, 4) is 0 Å². The molecule has 1 atom stereocenters. The third-order valence-electron chi connectivity index (χ3n) is 4.13. The minimum Gasteiger partial charge on any atom is -0.481 e. The van der Waals surface area contributed by atoms with Gasteiger partial charge >= 0.3 is 5.97 Å². The predicted molar refractivity (Wildman–Crippen MR) is 84.5 cm³/mol. The van der Waals surface area contributed by atoms with Crippen LogP contribution in [0.25, 0.3) is 0 Å². The zero-order chi connectivity index (χ0) is 15.4. The summed E-state index contributed by atoms with van der Waals surface area (Å²) in [4.78, 5) is 15.5. The van der Waals surface area contributed by atoms with E-state index in [0.29, 0.717) is 6.04 Å². The fraction of sp³-hybridized carbons (Fsp3) is 0.562. The molecular formula is C16H25N3O2. The van der Waals surface area contributed by atoms with E-state index in [1.54, 1.807) is 0 Å². The Bertz CT molecular complexity index is 465. The molecular weight excluding hydrogens is 266 g/mol. The van der Waals surface area contributed by atoms with Gasteiger partial charge in [-0.1, -0.05) is 12.1 Å². The van der Waals surface area contributed by atoms with Gasteiger partial charge in [-0.05, 0) is 31.5 Å². The lowest BCUT2D eigenvalue weighted by Gasteiger charge is -2.38. The van der Waals surface area contributed by atoms with Crippen molar-refractivity contribution in [2.45, 2.75) is 32.4 Å². The van der Waals surface area contributed by atoms with Crippen LogP contribution in [0, 0.1) is 0 Å². The van der Waals surface area contributed by atoms with Crippen molar-refractivity contribution in [3.63, 3.8) is 0 Å². The SMILES string of the molecule is CC(C)N1CCN(c2ccc(C(N)CC(=O)O)cc2)CC1. The molecule has 116 valence electrons. The molecule has 1 fully saturated rings. The average molecular weight is 291 g/mol. The van der Waals surface area contributed by atoms with Crippen LogP contribution in [0.5, 0.6) is 0 Å². The second-order valence-electron chi connectivity index (χ2n) is 5.91. The van der Waals surface area contributed by atoms with Crippen molar-refractivity contribution in [3.05, 3.63) is 29.8 Å². The maximum atomic E-state index is 10.7. The van der Waals surface area contributed by atoms with Crippen molar-refractivity contribution in [1.82, 2.24) is 4.90 Å². The molecule has 1 aliphatic heterocycles. The Kier molecular flexibility index (Phi) is 5.20. The van der Waals surface area contributed by atoms with Gasteiger partial charge in [0, 0.05) is 44.0 Å². The summed E-state index contributed by atoms with van der Waals surface area (Å²) in [6.07, 6.45) is -0.0353. The highest BCUT2D eigenvalue weighted by molar-refractivity contribution is 5.68. The Morgan fingerprint density at radius 2 is 1.76 bits per heavy atom. The molecule has 5 heteroatoms. The number of aliphatic carboxylic acids is 1. The first-order valence-corrected chi connectivity index (χ1v) is 7.53. The monoisotopic (exact) mass is 291 g/mol. The fourth-order valence-electron chi connectivity index (χ4n) is 2.73. The highest BCUT2D eigenvalue weighted by Crippen LogP contribution is 2.21. The van der Waals surface area contributed by atoms with E-state index in [1.807, 2.05) is 24.3 Å². The highest BCUT2D eigenvalue weighted by Gasteiger charge is 2.19. The largest absolute Gasteiger partial charge is 0.481 e. The predicted octanol–water partition coefficient (Wildman–Crippen LogP) is 1.69. The van der Waals surface area contributed by atoms with Crippen molar-refractivity contribution >= 4 is 11.7 Å². The Hall–Kier alpha value is -1.59. The van der Waals surface area contributed by atoms with Gasteiger partial charge in [0.2, 0.25) is 0 Å². The third kappa shape index (κ3) is 4.19. The second kappa shape index (κ2) is 6.91. The summed E-state index contributed by atoms with van der Waals surface area (Å²) < 4.78 is 0. The number of carbonyl (C=O) groups is 1. The molecule has 21 heavy (non-hydrogen) atoms. The molecule has 2 rings (SSSR count). The zero-order valence-electron chi connectivity index (χ0n) is 12.8. The standard InChI is InChI=1S/C16H25N3O2/c1-12(2)18-7-9-19(10-8-18)14-5-3-13(4-6-14)15(17)11-16(20)21/h3-6,12,15H,7-11,17H2,1-2H3,(H,20,21). The van der Waals surface area contributed by atoms with Gasteiger partial charge in [-0.2, -0.15) is 0 Å². The maximum absolute atomic E-state index is 10.7. The second-order valence-corrected chi connectivity index (χ2v) is 5.91. The molecule has 1 aromatic carbocycles. The molecule has 0 amide bonds. The molecule has 1 heterocycles. The van der Waals surface area contributed by atoms with Crippen LogP contribution in [0.3, 0.4) is 0 Å². The lowest BCUT2D eigenvalue weighted by molar-refractivity contribution is -0.137. The van der Waals surface area contributed by atoms with Gasteiger partial charge in [0.1, 0.15) is 0 Å². The summed E-state index contributed by atoms with van der Waals surface area (Å²) >= 11 is 0. The summed E-state index contributed by atoms with van der Waals surface area (Å²) in [5.74, 6) is -0.864. The third-order valence-corrected chi connectivity index (χ3v) is 4.13. The van der Waals surface area contributed by atoms with Gasteiger partial charge in [0.25, 0.3) is 0 Å². The quantitative estimate of drug-likeness (QED) is 0.864. The number of rotatable bonds is 5. The number of hydrogen-bond acceptors (Lipinski definition) is 4. The van der Waals surface area contributed by atoms with Crippen molar-refractivity contribution in [1.29, 1.82) is 0 Å². The smallest absolute Gasteiger partial charge is 0.305 e. The molecule has 1 aromatic rings.